The summed E-state index contributed by atoms with van der Waals surface area (Å²) < 4.78 is 14.8. The Morgan fingerprint density at radius 3 is 1.63 bits per heavy atom. The van der Waals surface area contributed by atoms with E-state index in [4.69, 9.17) is 23.8 Å². The van der Waals surface area contributed by atoms with Crippen molar-refractivity contribution in [3.05, 3.63) is 206 Å². The highest BCUT2D eigenvalue weighted by atomic mass is 16.3. The van der Waals surface area contributed by atoms with Gasteiger partial charge in [-0.1, -0.05) is 159 Å². The minimum Gasteiger partial charge on any atom is -0.456 e. The van der Waals surface area contributed by atoms with Gasteiger partial charge < -0.3 is 8.83 Å². The van der Waals surface area contributed by atoms with Crippen molar-refractivity contribution in [1.82, 2.24) is 19.5 Å². The van der Waals surface area contributed by atoms with Gasteiger partial charge in [-0.3, -0.25) is 4.57 Å². The molecular formula is C59H40N4O2. The van der Waals surface area contributed by atoms with Gasteiger partial charge in [0.1, 0.15) is 22.3 Å². The van der Waals surface area contributed by atoms with Crippen LogP contribution in [0.1, 0.15) is 13.8 Å². The summed E-state index contributed by atoms with van der Waals surface area (Å²) in [7, 11) is 0. The molecule has 4 heterocycles. The summed E-state index contributed by atoms with van der Waals surface area (Å²) in [5, 5.41) is 6.54. The van der Waals surface area contributed by atoms with Crippen molar-refractivity contribution in [2.75, 3.05) is 0 Å². The Morgan fingerprint density at radius 1 is 0.323 bits per heavy atom. The van der Waals surface area contributed by atoms with Gasteiger partial charge in [-0.2, -0.15) is 9.97 Å². The van der Waals surface area contributed by atoms with Crippen LogP contribution in [0.15, 0.2) is 215 Å². The number of nitrogens with zero attached hydrogens (tertiary/aromatic N) is 4. The molecule has 0 aliphatic carbocycles. The minimum absolute atomic E-state index is 0.525. The number of furan rings is 2. The van der Waals surface area contributed by atoms with Crippen LogP contribution in [-0.4, -0.2) is 19.5 Å². The van der Waals surface area contributed by atoms with E-state index in [1.54, 1.807) is 0 Å². The second-order valence-electron chi connectivity index (χ2n) is 16.0. The molecule has 0 amide bonds. The molecule has 0 spiro atoms. The van der Waals surface area contributed by atoms with Gasteiger partial charge in [-0.05, 0) is 88.5 Å². The standard InChI is InChI=1S/C57H34N4O2.C2H6/c1-3-14-35(15-4-1)41-32-46(39-19-13-18-37(30-39)38-27-29-52-47(31-38)44-22-9-12-25-51(44)62-52)54-48(33-41)42-20-7-10-23-49(42)61(54)57-59-55(36-16-5-2-6-17-36)58-56(60-57)40-26-28-45-43-21-8-11-24-50(43)63-53(45)34-40;1-2/h1-34H;1-2H3. The molecule has 65 heavy (non-hydrogen) atoms. The Bertz CT molecular complexity index is 3920. The molecule has 0 radical (unpaired) electrons. The zero-order valence-corrected chi connectivity index (χ0v) is 35.7. The molecule has 9 aromatic carbocycles. The summed E-state index contributed by atoms with van der Waals surface area (Å²) in [5.74, 6) is 1.66. The van der Waals surface area contributed by atoms with E-state index in [9.17, 15) is 0 Å². The third-order valence-corrected chi connectivity index (χ3v) is 12.3. The fourth-order valence-corrected chi connectivity index (χ4v) is 9.27. The molecule has 0 aliphatic rings. The molecule has 6 heteroatoms. The summed E-state index contributed by atoms with van der Waals surface area (Å²) >= 11 is 0. The van der Waals surface area contributed by atoms with Crippen LogP contribution < -0.4 is 0 Å². The first-order chi connectivity index (χ1) is 32.2. The van der Waals surface area contributed by atoms with E-state index in [0.717, 1.165) is 110 Å². The first-order valence-electron chi connectivity index (χ1n) is 22.1. The summed E-state index contributed by atoms with van der Waals surface area (Å²) in [4.78, 5) is 15.8. The Balaban J connectivity index is 0.00000219. The fraction of sp³-hybridized carbons (Fsp3) is 0.0339. The first kappa shape index (κ1) is 38.1. The van der Waals surface area contributed by atoms with Gasteiger partial charge in [0, 0.05) is 49.0 Å². The summed E-state index contributed by atoms with van der Waals surface area (Å²) in [5.41, 5.74) is 13.7. The van der Waals surface area contributed by atoms with Gasteiger partial charge in [-0.25, -0.2) is 4.98 Å². The molecule has 0 bridgehead atoms. The Morgan fingerprint density at radius 2 is 0.862 bits per heavy atom. The zero-order chi connectivity index (χ0) is 43.4. The Kier molecular flexibility index (Phi) is 9.16. The predicted octanol–water partition coefficient (Wildman–Crippen LogP) is 16.1. The molecule has 6 nitrogen and oxygen atoms in total. The van der Waals surface area contributed by atoms with Crippen molar-refractivity contribution in [3.8, 4) is 62.1 Å². The van der Waals surface area contributed by atoms with E-state index < -0.39 is 0 Å². The number of hydrogen-bond donors (Lipinski definition) is 0. The number of hydrogen-bond acceptors (Lipinski definition) is 5. The van der Waals surface area contributed by atoms with Crippen LogP contribution in [0.2, 0.25) is 0 Å². The average Bonchev–Trinajstić information content (AvgIpc) is 4.06. The van der Waals surface area contributed by atoms with Gasteiger partial charge in [0.15, 0.2) is 11.6 Å². The van der Waals surface area contributed by atoms with E-state index in [2.05, 4.69) is 144 Å². The van der Waals surface area contributed by atoms with Crippen LogP contribution in [0.5, 0.6) is 0 Å². The number of para-hydroxylation sites is 3. The number of rotatable bonds is 6. The maximum absolute atomic E-state index is 6.36. The molecule has 0 saturated carbocycles. The molecule has 0 saturated heterocycles. The fourth-order valence-electron chi connectivity index (χ4n) is 9.27. The third kappa shape index (κ3) is 6.46. The van der Waals surface area contributed by atoms with E-state index in [0.29, 0.717) is 17.6 Å². The van der Waals surface area contributed by atoms with Crippen LogP contribution >= 0.6 is 0 Å². The molecule has 13 aromatic rings. The molecule has 4 aromatic heterocycles. The second-order valence-corrected chi connectivity index (χ2v) is 16.0. The topological polar surface area (TPSA) is 69.9 Å². The summed E-state index contributed by atoms with van der Waals surface area (Å²) in [6.45, 7) is 4.00. The van der Waals surface area contributed by atoms with Crippen molar-refractivity contribution in [2.24, 2.45) is 0 Å². The maximum Gasteiger partial charge on any atom is 0.238 e. The molecule has 0 atom stereocenters. The highest BCUT2D eigenvalue weighted by Gasteiger charge is 2.23. The number of benzene rings is 9. The summed E-state index contributed by atoms with van der Waals surface area (Å²) in [6, 6.07) is 71.8. The molecule has 308 valence electrons. The highest BCUT2D eigenvalue weighted by Crippen LogP contribution is 2.43. The lowest BCUT2D eigenvalue weighted by Crippen LogP contribution is -2.07. The minimum atomic E-state index is 0.525. The van der Waals surface area contributed by atoms with Crippen LogP contribution in [-0.2, 0) is 0 Å². The van der Waals surface area contributed by atoms with Gasteiger partial charge >= 0.3 is 0 Å². The first-order valence-corrected chi connectivity index (χ1v) is 22.1. The van der Waals surface area contributed by atoms with E-state index in [1.165, 1.54) is 0 Å². The quantitative estimate of drug-likeness (QED) is 0.167. The molecule has 13 rings (SSSR count). The highest BCUT2D eigenvalue weighted by molar-refractivity contribution is 6.15. The third-order valence-electron chi connectivity index (χ3n) is 12.3. The lowest BCUT2D eigenvalue weighted by Gasteiger charge is -2.15. The van der Waals surface area contributed by atoms with Gasteiger partial charge in [0.2, 0.25) is 5.95 Å². The van der Waals surface area contributed by atoms with Crippen molar-refractivity contribution < 1.29 is 8.83 Å². The van der Waals surface area contributed by atoms with Gasteiger partial charge in [0.05, 0.1) is 11.0 Å². The second kappa shape index (κ2) is 15.6. The Hall–Kier alpha value is -8.61. The van der Waals surface area contributed by atoms with E-state index in [1.807, 2.05) is 80.6 Å². The molecular weight excluding hydrogens is 797 g/mol. The monoisotopic (exact) mass is 836 g/mol. The van der Waals surface area contributed by atoms with Crippen molar-refractivity contribution in [2.45, 2.75) is 13.8 Å². The average molecular weight is 837 g/mol. The molecule has 0 aliphatic heterocycles. The van der Waals surface area contributed by atoms with Crippen molar-refractivity contribution in [1.29, 1.82) is 0 Å². The van der Waals surface area contributed by atoms with Gasteiger partial charge in [0.25, 0.3) is 0 Å². The Labute approximate surface area is 374 Å². The number of aromatic nitrogens is 4. The summed E-state index contributed by atoms with van der Waals surface area (Å²) in [6.07, 6.45) is 0. The lowest BCUT2D eigenvalue weighted by molar-refractivity contribution is 0.668. The van der Waals surface area contributed by atoms with Crippen molar-refractivity contribution in [3.63, 3.8) is 0 Å². The van der Waals surface area contributed by atoms with Crippen molar-refractivity contribution >= 4 is 65.7 Å². The molecule has 0 fully saturated rings. The molecule has 0 N–H and O–H groups in total. The normalized spacial score (nSPS) is 11.5. The largest absolute Gasteiger partial charge is 0.456 e. The van der Waals surface area contributed by atoms with E-state index >= 15 is 0 Å². The van der Waals surface area contributed by atoms with Gasteiger partial charge in [-0.15, -0.1) is 0 Å². The lowest BCUT2D eigenvalue weighted by atomic mass is 9.93. The van der Waals surface area contributed by atoms with Crippen LogP contribution in [0.25, 0.3) is 128 Å². The SMILES string of the molecule is CC.c1ccc(-c2cc(-c3cccc(-c4ccc5oc6ccccc6c5c4)c3)c3c(c2)c2ccccc2n3-c2nc(-c3ccccc3)nc(-c3ccc4c(c3)oc3ccccc34)n2)cc1. The smallest absolute Gasteiger partial charge is 0.238 e. The predicted molar refractivity (Wildman–Crippen MR) is 267 cm³/mol. The molecule has 0 unspecified atom stereocenters. The zero-order valence-electron chi connectivity index (χ0n) is 35.7. The van der Waals surface area contributed by atoms with E-state index in [-0.39, 0.29) is 0 Å². The van der Waals surface area contributed by atoms with Crippen LogP contribution in [0.3, 0.4) is 0 Å². The van der Waals surface area contributed by atoms with Crippen LogP contribution in [0, 0.1) is 0 Å². The van der Waals surface area contributed by atoms with Crippen LogP contribution in [0.4, 0.5) is 0 Å². The maximum atomic E-state index is 6.36. The number of fused-ring (bicyclic) bond motifs is 9.